The largest absolute Gasteiger partial charge is 0.416 e. The van der Waals surface area contributed by atoms with E-state index >= 15 is 0 Å². The molecule has 1 saturated heterocycles. The van der Waals surface area contributed by atoms with Gasteiger partial charge in [0.2, 0.25) is 0 Å². The van der Waals surface area contributed by atoms with Gasteiger partial charge in [-0.15, -0.1) is 0 Å². The van der Waals surface area contributed by atoms with Gasteiger partial charge in [0, 0.05) is 55.8 Å². The van der Waals surface area contributed by atoms with E-state index < -0.39 is 23.2 Å². The molecule has 1 aliphatic rings. The number of carbonyl (C=O) groups excluding carboxylic acids is 1. The smallest absolute Gasteiger partial charge is 0.384 e. The van der Waals surface area contributed by atoms with Crippen LogP contribution in [0.15, 0.2) is 96.4 Å². The van der Waals surface area contributed by atoms with E-state index in [-0.39, 0.29) is 17.8 Å². The molecule has 4 heterocycles. The van der Waals surface area contributed by atoms with Crippen LogP contribution in [0.25, 0.3) is 5.65 Å². The van der Waals surface area contributed by atoms with Gasteiger partial charge in [-0.05, 0) is 88.2 Å². The topological polar surface area (TPSA) is 98.0 Å². The van der Waals surface area contributed by atoms with Crippen LogP contribution in [-0.2, 0) is 23.1 Å². The van der Waals surface area contributed by atoms with Crippen LogP contribution in [0, 0.1) is 11.8 Å². The number of hydrogen-bond donors (Lipinski definition) is 3. The number of anilines is 3. The summed E-state index contributed by atoms with van der Waals surface area (Å²) in [5.41, 5.74) is 2.43. The highest BCUT2D eigenvalue weighted by Crippen LogP contribution is 2.35. The van der Waals surface area contributed by atoms with Crippen molar-refractivity contribution in [1.29, 1.82) is 0 Å². The lowest BCUT2D eigenvalue weighted by molar-refractivity contribution is -0.138. The van der Waals surface area contributed by atoms with Crippen LogP contribution in [0.4, 0.5) is 30.4 Å². The average molecular weight is 698 g/mol. The van der Waals surface area contributed by atoms with Crippen molar-refractivity contribution >= 4 is 28.7 Å². The highest BCUT2D eigenvalue weighted by atomic mass is 19.4. The Morgan fingerprint density at radius 1 is 1.04 bits per heavy atom. The molecule has 1 fully saturated rings. The van der Waals surface area contributed by atoms with Crippen molar-refractivity contribution in [2.45, 2.75) is 46.0 Å². The average Bonchev–Trinajstić information content (AvgIpc) is 3.50. The SMILES string of the molecule is C=C(C#Cc1cnc2c(Nc3cccc(C(C)(C)O)n3)cccn12)/C(C)=C\C=C(/C)C(=O)Nc1ccc(CN2CCN(C)CC2)c(C(F)(F)F)c1. The number of benzene rings is 1. The highest BCUT2D eigenvalue weighted by molar-refractivity contribution is 6.03. The van der Waals surface area contributed by atoms with E-state index in [0.717, 1.165) is 19.2 Å². The Morgan fingerprint density at radius 2 is 1.76 bits per heavy atom. The summed E-state index contributed by atoms with van der Waals surface area (Å²) in [6.45, 7) is 14.0. The first kappa shape index (κ1) is 37.0. The van der Waals surface area contributed by atoms with E-state index in [9.17, 15) is 23.1 Å². The number of fused-ring (bicyclic) bond motifs is 1. The molecule has 0 saturated carbocycles. The zero-order chi connectivity index (χ0) is 36.9. The first-order valence-electron chi connectivity index (χ1n) is 16.5. The van der Waals surface area contributed by atoms with Gasteiger partial charge in [0.15, 0.2) is 5.65 Å². The third-order valence-corrected chi connectivity index (χ3v) is 8.60. The van der Waals surface area contributed by atoms with Gasteiger partial charge < -0.3 is 20.6 Å². The maximum absolute atomic E-state index is 14.0. The molecule has 51 heavy (non-hydrogen) atoms. The number of pyridine rings is 2. The molecular formula is C39H42F3N7O2. The Hall–Kier alpha value is -5.22. The molecule has 0 spiro atoms. The molecule has 1 amide bonds. The van der Waals surface area contributed by atoms with Gasteiger partial charge in [0.25, 0.3) is 5.91 Å². The van der Waals surface area contributed by atoms with Gasteiger partial charge in [0.1, 0.15) is 17.1 Å². The Morgan fingerprint density at radius 3 is 2.47 bits per heavy atom. The molecule has 1 aliphatic heterocycles. The summed E-state index contributed by atoms with van der Waals surface area (Å²) in [5, 5.41) is 16.2. The number of alkyl halides is 3. The fraction of sp³-hybridized carbons (Fsp3) is 0.308. The molecule has 3 N–H and O–H groups in total. The first-order chi connectivity index (χ1) is 24.1. The maximum atomic E-state index is 14.0. The highest BCUT2D eigenvalue weighted by Gasteiger charge is 2.34. The van der Waals surface area contributed by atoms with Gasteiger partial charge in [-0.1, -0.05) is 36.8 Å². The summed E-state index contributed by atoms with van der Waals surface area (Å²) in [6.07, 6.45) is 2.21. The molecule has 12 heteroatoms. The van der Waals surface area contributed by atoms with Gasteiger partial charge in [-0.2, -0.15) is 13.2 Å². The maximum Gasteiger partial charge on any atom is 0.416 e. The third kappa shape index (κ3) is 9.52. The van der Waals surface area contributed by atoms with Crippen LogP contribution in [0.1, 0.15) is 50.2 Å². The summed E-state index contributed by atoms with van der Waals surface area (Å²) >= 11 is 0. The van der Waals surface area contributed by atoms with Crippen molar-refractivity contribution in [2.75, 3.05) is 43.9 Å². The lowest BCUT2D eigenvalue weighted by Crippen LogP contribution is -2.44. The number of carbonyl (C=O) groups is 1. The number of likely N-dealkylation sites (N-methyl/N-ethyl adjacent to an activating group) is 1. The summed E-state index contributed by atoms with van der Waals surface area (Å²) < 4.78 is 43.8. The van der Waals surface area contributed by atoms with Crippen LogP contribution in [-0.4, -0.2) is 68.4 Å². The lowest BCUT2D eigenvalue weighted by Gasteiger charge is -2.33. The Labute approximate surface area is 296 Å². The second-order valence-electron chi connectivity index (χ2n) is 13.2. The Balaban J connectivity index is 1.24. The zero-order valence-electron chi connectivity index (χ0n) is 29.4. The van der Waals surface area contributed by atoms with Gasteiger partial charge >= 0.3 is 6.18 Å². The Kier molecular flexibility index (Phi) is 11.1. The van der Waals surface area contributed by atoms with Gasteiger partial charge in [0.05, 0.1) is 23.1 Å². The first-order valence-corrected chi connectivity index (χ1v) is 16.5. The van der Waals surface area contributed by atoms with Crippen molar-refractivity contribution in [3.63, 3.8) is 0 Å². The molecule has 0 atom stereocenters. The molecule has 3 aromatic heterocycles. The van der Waals surface area contributed by atoms with Gasteiger partial charge in [-0.25, -0.2) is 9.97 Å². The number of piperazine rings is 1. The third-order valence-electron chi connectivity index (χ3n) is 8.60. The van der Waals surface area contributed by atoms with Crippen LogP contribution < -0.4 is 10.6 Å². The minimum Gasteiger partial charge on any atom is -0.384 e. The quantitative estimate of drug-likeness (QED) is 0.0995. The van der Waals surface area contributed by atoms with Crippen LogP contribution in [0.2, 0.25) is 0 Å². The van der Waals surface area contributed by atoms with Crippen molar-refractivity contribution in [3.05, 3.63) is 119 Å². The fourth-order valence-corrected chi connectivity index (χ4v) is 5.38. The molecule has 0 radical (unpaired) electrons. The summed E-state index contributed by atoms with van der Waals surface area (Å²) in [4.78, 5) is 26.1. The van der Waals surface area contributed by atoms with E-state index in [0.29, 0.717) is 58.3 Å². The number of allylic oxidation sites excluding steroid dienone is 4. The second kappa shape index (κ2) is 15.3. The number of nitrogens with zero attached hydrogens (tertiary/aromatic N) is 5. The summed E-state index contributed by atoms with van der Waals surface area (Å²) in [5.74, 6) is 6.18. The minimum atomic E-state index is -4.56. The monoisotopic (exact) mass is 697 g/mol. The van der Waals surface area contributed by atoms with Gasteiger partial charge in [-0.3, -0.25) is 14.1 Å². The molecule has 1 aromatic carbocycles. The van der Waals surface area contributed by atoms with E-state index in [1.165, 1.54) is 12.1 Å². The molecule has 0 bridgehead atoms. The van der Waals surface area contributed by atoms with Crippen LogP contribution in [0.5, 0.6) is 0 Å². The molecule has 5 rings (SSSR count). The van der Waals surface area contributed by atoms with Crippen molar-refractivity contribution in [2.24, 2.45) is 0 Å². The molecule has 266 valence electrons. The normalized spacial score (nSPS) is 15.0. The number of aliphatic hydroxyl groups is 1. The zero-order valence-corrected chi connectivity index (χ0v) is 29.4. The van der Waals surface area contributed by atoms with E-state index in [1.54, 1.807) is 58.2 Å². The Bertz CT molecular complexity index is 2050. The standard InChI is InChI=1S/C39H42F3N7O2/c1-26(12-13-28(3)37(50)44-30-16-15-29(32(23-30)39(40,41)42)25-48-21-19-47(6)20-22-48)27(2)14-17-31-24-43-36-33(9-8-18-49(31)36)45-35-11-7-10-34(46-35)38(4,5)51/h7-13,15-16,18,23-24,51H,2,19-22,25H2,1,3-6H3,(H,44,50)(H,45,46)/b26-12-,28-13+. The van der Waals surface area contributed by atoms with Crippen molar-refractivity contribution in [3.8, 4) is 11.8 Å². The van der Waals surface area contributed by atoms with E-state index in [1.807, 2.05) is 40.7 Å². The van der Waals surface area contributed by atoms with E-state index in [4.69, 9.17) is 0 Å². The molecular weight excluding hydrogens is 655 g/mol. The second-order valence-corrected chi connectivity index (χ2v) is 13.2. The van der Waals surface area contributed by atoms with Crippen LogP contribution in [0.3, 0.4) is 0 Å². The van der Waals surface area contributed by atoms with Crippen molar-refractivity contribution in [1.82, 2.24) is 24.2 Å². The number of rotatable bonds is 9. The number of halogens is 3. The number of amides is 1. The predicted molar refractivity (Wildman–Crippen MR) is 194 cm³/mol. The van der Waals surface area contributed by atoms with Crippen molar-refractivity contribution < 1.29 is 23.1 Å². The lowest BCUT2D eigenvalue weighted by atomic mass is 10.0. The summed E-state index contributed by atoms with van der Waals surface area (Å²) in [6, 6.07) is 13.1. The number of nitrogens with one attached hydrogen (secondary N) is 2. The number of imidazole rings is 1. The number of hydrogen-bond acceptors (Lipinski definition) is 7. The van der Waals surface area contributed by atoms with Crippen LogP contribution >= 0.6 is 0 Å². The van der Waals surface area contributed by atoms with E-state index in [2.05, 4.69) is 43.9 Å². The molecule has 9 nitrogen and oxygen atoms in total. The fourth-order valence-electron chi connectivity index (χ4n) is 5.38. The molecule has 0 unspecified atom stereocenters. The molecule has 4 aromatic rings. The summed E-state index contributed by atoms with van der Waals surface area (Å²) in [7, 11) is 1.99. The molecule has 0 aliphatic carbocycles. The minimum absolute atomic E-state index is 0.0726. The predicted octanol–water partition coefficient (Wildman–Crippen LogP) is 6.91. The number of aromatic nitrogens is 3.